The number of hydrogen-bond donors (Lipinski definition) is 1. The molecule has 1 fully saturated rings. The maximum Gasteiger partial charge on any atom is 0.409 e. The van der Waals surface area contributed by atoms with Crippen LogP contribution in [0, 0.1) is 18.8 Å². The molecule has 0 aliphatic heterocycles. The molecule has 10 nitrogen and oxygen atoms in total. The molecule has 3 rings (SSSR count). The van der Waals surface area contributed by atoms with E-state index >= 15 is 0 Å². The normalized spacial score (nSPS) is 17.7. The summed E-state index contributed by atoms with van der Waals surface area (Å²) in [5.41, 5.74) is 2.43. The van der Waals surface area contributed by atoms with Gasteiger partial charge in [-0.25, -0.2) is 14.5 Å². The zero-order chi connectivity index (χ0) is 22.5. The van der Waals surface area contributed by atoms with Crippen molar-refractivity contribution in [1.82, 2.24) is 24.9 Å². The molecule has 0 bridgehead atoms. The summed E-state index contributed by atoms with van der Waals surface area (Å²) in [5.74, 6) is -0.447. The molecule has 0 spiro atoms. The number of amides is 1. The molecule has 0 aromatic carbocycles. The topological polar surface area (TPSA) is 120 Å². The molecular weight excluding hydrogens is 402 g/mol. The fourth-order valence-electron chi connectivity index (χ4n) is 3.53. The van der Waals surface area contributed by atoms with Crippen LogP contribution in [0.25, 0.3) is 11.4 Å². The van der Waals surface area contributed by atoms with Gasteiger partial charge in [0.2, 0.25) is 0 Å². The Morgan fingerprint density at radius 2 is 2.10 bits per heavy atom. The van der Waals surface area contributed by atoms with Gasteiger partial charge in [-0.2, -0.15) is 0 Å². The molecule has 168 valence electrons. The Morgan fingerprint density at radius 3 is 2.71 bits per heavy atom. The number of aromatic nitrogens is 4. The van der Waals surface area contributed by atoms with Gasteiger partial charge in [-0.15, -0.1) is 5.10 Å². The minimum Gasteiger partial charge on any atom is -0.491 e. The highest BCUT2D eigenvalue weighted by atomic mass is 16.6. The fraction of sp³-hybridized carbons (Fsp3) is 0.571. The number of rotatable bonds is 9. The number of aliphatic carboxylic acids is 1. The zero-order valence-corrected chi connectivity index (χ0v) is 18.4. The lowest BCUT2D eigenvalue weighted by atomic mass is 9.74. The van der Waals surface area contributed by atoms with Crippen LogP contribution in [0.1, 0.15) is 37.6 Å². The minimum atomic E-state index is -0.762. The highest BCUT2D eigenvalue weighted by Crippen LogP contribution is 2.35. The van der Waals surface area contributed by atoms with E-state index in [9.17, 15) is 9.59 Å². The van der Waals surface area contributed by atoms with Crippen LogP contribution in [-0.2, 0) is 23.2 Å². The van der Waals surface area contributed by atoms with Crippen molar-refractivity contribution in [3.8, 4) is 17.1 Å². The molecule has 1 N–H and O–H groups in total. The van der Waals surface area contributed by atoms with E-state index < -0.39 is 12.1 Å². The number of hydrogen-bond acceptors (Lipinski definition) is 7. The first-order valence-corrected chi connectivity index (χ1v) is 10.4. The predicted molar refractivity (Wildman–Crippen MR) is 111 cm³/mol. The van der Waals surface area contributed by atoms with Gasteiger partial charge in [0.25, 0.3) is 0 Å². The number of ether oxygens (including phenoxy) is 2. The van der Waals surface area contributed by atoms with Gasteiger partial charge in [-0.05, 0) is 38.3 Å². The molecule has 1 amide bonds. The predicted octanol–water partition coefficient (Wildman–Crippen LogP) is 2.65. The first-order valence-electron chi connectivity index (χ1n) is 10.4. The number of nitrogens with zero attached hydrogens (tertiary/aromatic N) is 5. The third-order valence-electron chi connectivity index (χ3n) is 5.61. The second-order valence-corrected chi connectivity index (χ2v) is 7.86. The summed E-state index contributed by atoms with van der Waals surface area (Å²) in [5, 5.41) is 17.4. The summed E-state index contributed by atoms with van der Waals surface area (Å²) in [4.78, 5) is 29.3. The Morgan fingerprint density at radius 1 is 1.32 bits per heavy atom. The summed E-state index contributed by atoms with van der Waals surface area (Å²) in [6.07, 6.45) is 2.00. The molecular formula is C21H29N5O5. The second kappa shape index (κ2) is 9.76. The maximum absolute atomic E-state index is 12.1. The van der Waals surface area contributed by atoms with Crippen LogP contribution in [0.2, 0.25) is 0 Å². The maximum atomic E-state index is 12.1. The standard InChI is InChI=1S/C21H29N5O5/c1-5-10-25(3)21(29)31-12-17-19(23-24-26(17)4)16-8-9-18(13(2)22-16)30-11-14-6-7-15(14)20(27)28/h8-9,14-15H,5-7,10-12H2,1-4H3,(H,27,28)/t14-,15+/m0/s1. The number of carboxylic acid groups (broad SMARTS) is 1. The zero-order valence-electron chi connectivity index (χ0n) is 18.4. The van der Waals surface area contributed by atoms with Gasteiger partial charge in [0, 0.05) is 26.6 Å². The van der Waals surface area contributed by atoms with Crippen molar-refractivity contribution in [3.05, 3.63) is 23.5 Å². The van der Waals surface area contributed by atoms with Gasteiger partial charge in [0.15, 0.2) is 0 Å². The second-order valence-electron chi connectivity index (χ2n) is 7.86. The van der Waals surface area contributed by atoms with Crippen molar-refractivity contribution >= 4 is 12.1 Å². The summed E-state index contributed by atoms with van der Waals surface area (Å²) < 4.78 is 12.8. The van der Waals surface area contributed by atoms with E-state index in [0.717, 1.165) is 12.8 Å². The Bertz CT molecular complexity index is 944. The Balaban J connectivity index is 1.67. The van der Waals surface area contributed by atoms with Crippen LogP contribution < -0.4 is 4.74 Å². The molecule has 31 heavy (non-hydrogen) atoms. The van der Waals surface area contributed by atoms with Crippen LogP contribution in [0.15, 0.2) is 12.1 Å². The molecule has 0 radical (unpaired) electrons. The summed E-state index contributed by atoms with van der Waals surface area (Å²) in [7, 11) is 3.43. The lowest BCUT2D eigenvalue weighted by Gasteiger charge is -2.33. The Labute approximate surface area is 181 Å². The van der Waals surface area contributed by atoms with Crippen LogP contribution in [0.4, 0.5) is 4.79 Å². The van der Waals surface area contributed by atoms with E-state index in [1.807, 2.05) is 13.8 Å². The number of aryl methyl sites for hydroxylation is 2. The van der Waals surface area contributed by atoms with Crippen molar-refractivity contribution in [2.75, 3.05) is 20.2 Å². The molecule has 0 unspecified atom stereocenters. The van der Waals surface area contributed by atoms with Crippen LogP contribution in [-0.4, -0.2) is 62.2 Å². The lowest BCUT2D eigenvalue weighted by molar-refractivity contribution is -0.148. The van der Waals surface area contributed by atoms with Gasteiger partial charge >= 0.3 is 12.1 Å². The van der Waals surface area contributed by atoms with Gasteiger partial charge in [0.1, 0.15) is 23.7 Å². The van der Waals surface area contributed by atoms with Crippen LogP contribution in [0.3, 0.4) is 0 Å². The molecule has 2 atom stereocenters. The largest absolute Gasteiger partial charge is 0.491 e. The number of carbonyl (C=O) groups is 2. The molecule has 10 heteroatoms. The van der Waals surface area contributed by atoms with Crippen molar-refractivity contribution < 1.29 is 24.2 Å². The fourth-order valence-corrected chi connectivity index (χ4v) is 3.53. The third kappa shape index (κ3) is 5.12. The number of carbonyl (C=O) groups excluding carboxylic acids is 1. The number of carboxylic acids is 1. The van der Waals surface area contributed by atoms with E-state index in [1.54, 1.807) is 30.9 Å². The van der Waals surface area contributed by atoms with Gasteiger partial charge in [-0.1, -0.05) is 12.1 Å². The summed E-state index contributed by atoms with van der Waals surface area (Å²) in [6.45, 7) is 4.82. The SMILES string of the molecule is CCCN(C)C(=O)OCc1c(-c2ccc(OC[C@@H]3CC[C@H]3C(=O)O)c(C)n2)nnn1C. The average molecular weight is 431 g/mol. The molecule has 2 aromatic rings. The van der Waals surface area contributed by atoms with Crippen molar-refractivity contribution in [1.29, 1.82) is 0 Å². The molecule has 1 aliphatic carbocycles. The van der Waals surface area contributed by atoms with Gasteiger partial charge in [-0.3, -0.25) is 4.79 Å². The Kier molecular flexibility index (Phi) is 7.09. The van der Waals surface area contributed by atoms with E-state index in [-0.39, 0.29) is 18.4 Å². The van der Waals surface area contributed by atoms with E-state index in [2.05, 4.69) is 15.3 Å². The van der Waals surface area contributed by atoms with E-state index in [4.69, 9.17) is 14.6 Å². The van der Waals surface area contributed by atoms with Crippen LogP contribution >= 0.6 is 0 Å². The van der Waals surface area contributed by atoms with Gasteiger partial charge in [0.05, 0.1) is 23.9 Å². The van der Waals surface area contributed by atoms with Crippen molar-refractivity contribution in [2.45, 2.75) is 39.7 Å². The quantitative estimate of drug-likeness (QED) is 0.643. The molecule has 1 aliphatic rings. The van der Waals surface area contributed by atoms with Crippen molar-refractivity contribution in [3.63, 3.8) is 0 Å². The highest BCUT2D eigenvalue weighted by Gasteiger charge is 2.37. The first-order chi connectivity index (χ1) is 14.8. The van der Waals surface area contributed by atoms with E-state index in [0.29, 0.717) is 48.1 Å². The first kappa shape index (κ1) is 22.5. The Hall–Kier alpha value is -3.17. The summed E-state index contributed by atoms with van der Waals surface area (Å²) >= 11 is 0. The lowest BCUT2D eigenvalue weighted by Crippen LogP contribution is -2.36. The summed E-state index contributed by atoms with van der Waals surface area (Å²) in [6, 6.07) is 3.57. The molecule has 1 saturated carbocycles. The minimum absolute atomic E-state index is 0.0307. The number of pyridine rings is 1. The average Bonchev–Trinajstić information content (AvgIpc) is 3.06. The molecule has 2 heterocycles. The van der Waals surface area contributed by atoms with Gasteiger partial charge < -0.3 is 19.5 Å². The monoisotopic (exact) mass is 431 g/mol. The van der Waals surface area contributed by atoms with Crippen molar-refractivity contribution in [2.24, 2.45) is 18.9 Å². The molecule has 2 aromatic heterocycles. The smallest absolute Gasteiger partial charge is 0.409 e. The highest BCUT2D eigenvalue weighted by molar-refractivity contribution is 5.71. The van der Waals surface area contributed by atoms with E-state index in [1.165, 1.54) is 4.90 Å². The van der Waals surface area contributed by atoms with Crippen LogP contribution in [0.5, 0.6) is 5.75 Å². The third-order valence-corrected chi connectivity index (χ3v) is 5.61. The molecule has 0 saturated heterocycles.